The predicted molar refractivity (Wildman–Crippen MR) is 63.0 cm³/mol. The molecule has 0 aliphatic carbocycles. The first-order valence-electron chi connectivity index (χ1n) is 5.58. The molecule has 0 saturated heterocycles. The summed E-state index contributed by atoms with van der Waals surface area (Å²) in [5, 5.41) is 12.5. The van der Waals surface area contributed by atoms with Gasteiger partial charge < -0.3 is 10.4 Å². The van der Waals surface area contributed by atoms with Crippen molar-refractivity contribution in [1.29, 1.82) is 0 Å². The average Bonchev–Trinajstić information content (AvgIpc) is 2.26. The van der Waals surface area contributed by atoms with Gasteiger partial charge in [-0.25, -0.2) is 0 Å². The number of hydrogen-bond acceptors (Lipinski definition) is 2. The number of alkyl halides is 1. The standard InChI is InChI=1S/C11H22ClNO2/c1-4-9(5-2)10(14)7-13-11(15)8(3)6-12/h8-10,14H,4-7H2,1-3H3,(H,13,15). The molecule has 0 aromatic rings. The summed E-state index contributed by atoms with van der Waals surface area (Å²) >= 11 is 5.56. The second-order valence-corrected chi connectivity index (χ2v) is 4.25. The average molecular weight is 236 g/mol. The number of carbonyl (C=O) groups is 1. The lowest BCUT2D eigenvalue weighted by atomic mass is 9.96. The molecular formula is C11H22ClNO2. The molecule has 0 radical (unpaired) electrons. The second kappa shape index (κ2) is 7.94. The largest absolute Gasteiger partial charge is 0.391 e. The maximum atomic E-state index is 11.4. The number of hydrogen-bond donors (Lipinski definition) is 2. The molecule has 2 unspecified atom stereocenters. The number of aliphatic hydroxyl groups is 1. The zero-order chi connectivity index (χ0) is 11.8. The lowest BCUT2D eigenvalue weighted by Crippen LogP contribution is -2.38. The van der Waals surface area contributed by atoms with Crippen LogP contribution in [0.1, 0.15) is 33.6 Å². The molecular weight excluding hydrogens is 214 g/mol. The summed E-state index contributed by atoms with van der Waals surface area (Å²) in [6.07, 6.45) is 1.41. The van der Waals surface area contributed by atoms with Crippen LogP contribution in [0.5, 0.6) is 0 Å². The Bertz CT molecular complexity index is 183. The Morgan fingerprint density at radius 2 is 1.93 bits per heavy atom. The molecule has 0 aromatic carbocycles. The van der Waals surface area contributed by atoms with Crippen molar-refractivity contribution >= 4 is 17.5 Å². The van der Waals surface area contributed by atoms with E-state index in [0.29, 0.717) is 12.4 Å². The highest BCUT2D eigenvalue weighted by Crippen LogP contribution is 2.12. The minimum absolute atomic E-state index is 0.0880. The monoisotopic (exact) mass is 235 g/mol. The van der Waals surface area contributed by atoms with Gasteiger partial charge in [-0.05, 0) is 5.92 Å². The van der Waals surface area contributed by atoms with Crippen LogP contribution < -0.4 is 5.32 Å². The zero-order valence-corrected chi connectivity index (χ0v) is 10.5. The SMILES string of the molecule is CCC(CC)C(O)CNC(=O)C(C)CCl. The summed E-state index contributed by atoms with van der Waals surface area (Å²) in [7, 11) is 0. The van der Waals surface area contributed by atoms with Crippen LogP contribution in [0.2, 0.25) is 0 Å². The lowest BCUT2D eigenvalue weighted by molar-refractivity contribution is -0.124. The van der Waals surface area contributed by atoms with Crippen molar-refractivity contribution in [3.63, 3.8) is 0 Å². The topological polar surface area (TPSA) is 49.3 Å². The molecule has 0 aliphatic rings. The highest BCUT2D eigenvalue weighted by molar-refractivity contribution is 6.19. The van der Waals surface area contributed by atoms with Crippen molar-refractivity contribution in [2.75, 3.05) is 12.4 Å². The Labute approximate surface area is 97.2 Å². The number of nitrogens with one attached hydrogen (secondary N) is 1. The molecule has 0 bridgehead atoms. The van der Waals surface area contributed by atoms with Crippen molar-refractivity contribution in [1.82, 2.24) is 5.32 Å². The number of amides is 1. The molecule has 0 spiro atoms. The molecule has 90 valence electrons. The van der Waals surface area contributed by atoms with Crippen LogP contribution in [-0.4, -0.2) is 29.5 Å². The van der Waals surface area contributed by atoms with Crippen LogP contribution in [-0.2, 0) is 4.79 Å². The maximum Gasteiger partial charge on any atom is 0.224 e. The molecule has 2 N–H and O–H groups in total. The summed E-state index contributed by atoms with van der Waals surface area (Å²) in [6, 6.07) is 0. The Kier molecular flexibility index (Phi) is 7.79. The number of halogens is 1. The molecule has 3 nitrogen and oxygen atoms in total. The van der Waals surface area contributed by atoms with Gasteiger partial charge in [0.25, 0.3) is 0 Å². The van der Waals surface area contributed by atoms with Gasteiger partial charge in [-0.2, -0.15) is 0 Å². The van der Waals surface area contributed by atoms with E-state index in [4.69, 9.17) is 11.6 Å². The van der Waals surface area contributed by atoms with Gasteiger partial charge in [-0.3, -0.25) is 4.79 Å². The van der Waals surface area contributed by atoms with Crippen LogP contribution in [0.15, 0.2) is 0 Å². The third kappa shape index (κ3) is 5.38. The molecule has 0 fully saturated rings. The molecule has 0 aromatic heterocycles. The normalized spacial score (nSPS) is 15.1. The predicted octanol–water partition coefficient (Wildman–Crippen LogP) is 1.77. The van der Waals surface area contributed by atoms with E-state index in [1.54, 1.807) is 6.92 Å². The molecule has 0 rings (SSSR count). The minimum atomic E-state index is -0.452. The van der Waals surface area contributed by atoms with Gasteiger partial charge in [-0.15, -0.1) is 11.6 Å². The Morgan fingerprint density at radius 3 is 2.33 bits per heavy atom. The van der Waals surface area contributed by atoms with Gasteiger partial charge >= 0.3 is 0 Å². The third-order valence-electron chi connectivity index (χ3n) is 2.76. The van der Waals surface area contributed by atoms with E-state index in [1.807, 2.05) is 13.8 Å². The zero-order valence-electron chi connectivity index (χ0n) is 9.79. The van der Waals surface area contributed by atoms with Crippen molar-refractivity contribution in [3.05, 3.63) is 0 Å². The van der Waals surface area contributed by atoms with Gasteiger partial charge in [0.2, 0.25) is 5.91 Å². The summed E-state index contributed by atoms with van der Waals surface area (Å²) in [6.45, 7) is 6.18. The highest BCUT2D eigenvalue weighted by atomic mass is 35.5. The first-order chi connectivity index (χ1) is 7.06. The van der Waals surface area contributed by atoms with E-state index in [0.717, 1.165) is 12.8 Å². The van der Waals surface area contributed by atoms with Crippen molar-refractivity contribution in [2.24, 2.45) is 11.8 Å². The maximum absolute atomic E-state index is 11.4. The smallest absolute Gasteiger partial charge is 0.224 e. The molecule has 2 atom stereocenters. The van der Waals surface area contributed by atoms with E-state index < -0.39 is 6.10 Å². The molecule has 1 amide bonds. The summed E-state index contributed by atoms with van der Waals surface area (Å²) in [4.78, 5) is 11.4. The van der Waals surface area contributed by atoms with Crippen molar-refractivity contribution < 1.29 is 9.90 Å². The van der Waals surface area contributed by atoms with Crippen LogP contribution >= 0.6 is 11.6 Å². The van der Waals surface area contributed by atoms with E-state index in [9.17, 15) is 9.90 Å². The summed E-state index contributed by atoms with van der Waals surface area (Å²) in [5.41, 5.74) is 0. The summed E-state index contributed by atoms with van der Waals surface area (Å²) in [5.74, 6) is 0.291. The van der Waals surface area contributed by atoms with Crippen LogP contribution in [0.4, 0.5) is 0 Å². The molecule has 15 heavy (non-hydrogen) atoms. The third-order valence-corrected chi connectivity index (χ3v) is 3.22. The molecule has 4 heteroatoms. The Balaban J connectivity index is 3.88. The van der Waals surface area contributed by atoms with Gasteiger partial charge in [0.1, 0.15) is 0 Å². The first kappa shape index (κ1) is 14.7. The fourth-order valence-corrected chi connectivity index (χ4v) is 1.59. The quantitative estimate of drug-likeness (QED) is 0.661. The van der Waals surface area contributed by atoms with E-state index >= 15 is 0 Å². The van der Waals surface area contributed by atoms with Crippen molar-refractivity contribution in [2.45, 2.75) is 39.7 Å². The van der Waals surface area contributed by atoms with Crippen molar-refractivity contribution in [3.8, 4) is 0 Å². The van der Waals surface area contributed by atoms with Crippen LogP contribution in [0.3, 0.4) is 0 Å². The Morgan fingerprint density at radius 1 is 1.40 bits per heavy atom. The van der Waals surface area contributed by atoms with E-state index in [2.05, 4.69) is 5.32 Å². The molecule has 0 saturated carbocycles. The lowest BCUT2D eigenvalue weighted by Gasteiger charge is -2.21. The van der Waals surface area contributed by atoms with Gasteiger partial charge in [0, 0.05) is 18.3 Å². The van der Waals surface area contributed by atoms with Crippen LogP contribution in [0, 0.1) is 11.8 Å². The number of aliphatic hydroxyl groups excluding tert-OH is 1. The van der Waals surface area contributed by atoms with Gasteiger partial charge in [0.05, 0.1) is 6.10 Å². The molecule has 0 aliphatic heterocycles. The first-order valence-corrected chi connectivity index (χ1v) is 6.11. The minimum Gasteiger partial charge on any atom is -0.391 e. The summed E-state index contributed by atoms with van der Waals surface area (Å²) < 4.78 is 0. The fraction of sp³-hybridized carbons (Fsp3) is 0.909. The van der Waals surface area contributed by atoms with Crippen LogP contribution in [0.25, 0.3) is 0 Å². The van der Waals surface area contributed by atoms with E-state index in [1.165, 1.54) is 0 Å². The highest BCUT2D eigenvalue weighted by Gasteiger charge is 2.17. The second-order valence-electron chi connectivity index (χ2n) is 3.94. The van der Waals surface area contributed by atoms with Gasteiger partial charge in [-0.1, -0.05) is 33.6 Å². The van der Waals surface area contributed by atoms with E-state index in [-0.39, 0.29) is 17.7 Å². The number of carbonyl (C=O) groups excluding carboxylic acids is 1. The van der Waals surface area contributed by atoms with Gasteiger partial charge in [0.15, 0.2) is 0 Å². The fourth-order valence-electron chi connectivity index (χ4n) is 1.45. The molecule has 0 heterocycles. The number of rotatable bonds is 7. The Hall–Kier alpha value is -0.280.